The molecule has 2 aromatic carbocycles. The van der Waals surface area contributed by atoms with Crippen LogP contribution in [-0.4, -0.2) is 36.7 Å². The van der Waals surface area contributed by atoms with Gasteiger partial charge in [0.1, 0.15) is 16.2 Å². The summed E-state index contributed by atoms with van der Waals surface area (Å²) in [5.41, 5.74) is 0.00899. The third-order valence-electron chi connectivity index (χ3n) is 5.21. The summed E-state index contributed by atoms with van der Waals surface area (Å²) in [6, 6.07) is 12.4. The van der Waals surface area contributed by atoms with Crippen LogP contribution in [0.15, 0.2) is 63.1 Å². The molecule has 2 aromatic heterocycles. The van der Waals surface area contributed by atoms with Gasteiger partial charge in [0.05, 0.1) is 11.3 Å². The summed E-state index contributed by atoms with van der Waals surface area (Å²) in [4.78, 5) is 57.9. The van der Waals surface area contributed by atoms with Crippen LogP contribution in [0.4, 0.5) is 15.8 Å². The second-order valence-electron chi connectivity index (χ2n) is 7.83. The Labute approximate surface area is 208 Å². The summed E-state index contributed by atoms with van der Waals surface area (Å²) < 4.78 is 16.6. The van der Waals surface area contributed by atoms with Crippen molar-refractivity contribution in [1.82, 2.24) is 19.1 Å². The summed E-state index contributed by atoms with van der Waals surface area (Å²) >= 11 is 0.970. The summed E-state index contributed by atoms with van der Waals surface area (Å²) in [6.07, 6.45) is 0. The lowest BCUT2D eigenvalue weighted by Crippen LogP contribution is -2.37. The molecule has 12 heteroatoms. The zero-order chi connectivity index (χ0) is 26.0. The van der Waals surface area contributed by atoms with E-state index in [-0.39, 0.29) is 45.0 Å². The Morgan fingerprint density at radius 1 is 0.944 bits per heavy atom. The Kier molecular flexibility index (Phi) is 6.97. The van der Waals surface area contributed by atoms with Crippen molar-refractivity contribution in [1.29, 1.82) is 0 Å². The minimum absolute atomic E-state index is 0.0136. The van der Waals surface area contributed by atoms with Crippen LogP contribution in [0.3, 0.4) is 0 Å². The highest BCUT2D eigenvalue weighted by atomic mass is 32.2. The first-order chi connectivity index (χ1) is 17.2. The molecule has 0 spiro atoms. The van der Waals surface area contributed by atoms with Crippen LogP contribution < -0.4 is 21.9 Å². The average molecular weight is 509 g/mol. The Bertz CT molecular complexity index is 1610. The van der Waals surface area contributed by atoms with Gasteiger partial charge < -0.3 is 10.6 Å². The van der Waals surface area contributed by atoms with E-state index in [0.717, 1.165) is 16.3 Å². The van der Waals surface area contributed by atoms with E-state index in [1.54, 1.807) is 30.3 Å². The molecule has 0 fully saturated rings. The van der Waals surface area contributed by atoms with Crippen molar-refractivity contribution in [3.63, 3.8) is 0 Å². The molecule has 10 nitrogen and oxygen atoms in total. The van der Waals surface area contributed by atoms with Crippen LogP contribution in [0.2, 0.25) is 0 Å². The van der Waals surface area contributed by atoms with E-state index < -0.39 is 17.1 Å². The summed E-state index contributed by atoms with van der Waals surface area (Å²) in [5.74, 6) is -1.29. The Morgan fingerprint density at radius 3 is 2.22 bits per heavy atom. The van der Waals surface area contributed by atoms with Crippen molar-refractivity contribution in [2.24, 2.45) is 14.1 Å². The summed E-state index contributed by atoms with van der Waals surface area (Å²) in [7, 11) is 2.79. The highest BCUT2D eigenvalue weighted by Crippen LogP contribution is 2.27. The molecule has 0 saturated heterocycles. The number of hydrogen-bond donors (Lipinski definition) is 2. The number of benzene rings is 2. The lowest BCUT2D eigenvalue weighted by atomic mass is 10.2. The normalized spacial score (nSPS) is 10.9. The second-order valence-corrected chi connectivity index (χ2v) is 8.80. The summed E-state index contributed by atoms with van der Waals surface area (Å²) in [6.45, 7) is 1.40. The van der Waals surface area contributed by atoms with Gasteiger partial charge in [0, 0.05) is 32.4 Å². The molecule has 0 saturated carbocycles. The van der Waals surface area contributed by atoms with Gasteiger partial charge in [-0.05, 0) is 36.4 Å². The van der Waals surface area contributed by atoms with E-state index in [0.29, 0.717) is 11.4 Å². The molecule has 0 atom stereocenters. The third kappa shape index (κ3) is 5.03. The first kappa shape index (κ1) is 24.8. The summed E-state index contributed by atoms with van der Waals surface area (Å²) in [5, 5.41) is 5.56. The highest BCUT2D eigenvalue weighted by Gasteiger charge is 2.20. The fourth-order valence-corrected chi connectivity index (χ4v) is 4.28. The van der Waals surface area contributed by atoms with Crippen molar-refractivity contribution in [3.05, 3.63) is 75.2 Å². The van der Waals surface area contributed by atoms with Crippen LogP contribution in [-0.2, 0) is 23.7 Å². The molecule has 2 heterocycles. The molecule has 0 aliphatic heterocycles. The maximum Gasteiger partial charge on any atom is 0.332 e. The van der Waals surface area contributed by atoms with Gasteiger partial charge in [0.15, 0.2) is 11.5 Å². The number of nitrogens with one attached hydrogen (secondary N) is 2. The molecule has 4 aromatic rings. The van der Waals surface area contributed by atoms with Gasteiger partial charge >= 0.3 is 5.69 Å². The Hall–Kier alpha value is -4.32. The van der Waals surface area contributed by atoms with Gasteiger partial charge in [-0.1, -0.05) is 23.9 Å². The molecule has 0 aliphatic rings. The van der Waals surface area contributed by atoms with Gasteiger partial charge in [-0.15, -0.1) is 0 Å². The number of amides is 2. The first-order valence-corrected chi connectivity index (χ1v) is 11.7. The van der Waals surface area contributed by atoms with E-state index in [4.69, 9.17) is 0 Å². The number of thioether (sulfide) groups is 1. The lowest BCUT2D eigenvalue weighted by Gasteiger charge is -2.12. The number of rotatable bonds is 6. The zero-order valence-corrected chi connectivity index (χ0v) is 20.4. The Morgan fingerprint density at radius 2 is 1.58 bits per heavy atom. The van der Waals surface area contributed by atoms with E-state index >= 15 is 0 Å². The monoisotopic (exact) mass is 508 g/mol. The predicted molar refractivity (Wildman–Crippen MR) is 136 cm³/mol. The predicted octanol–water partition coefficient (Wildman–Crippen LogP) is 2.52. The largest absolute Gasteiger partial charge is 0.332 e. The Balaban J connectivity index is 1.67. The molecule has 36 heavy (non-hydrogen) atoms. The standard InChI is InChI=1S/C24H21FN6O4S/c1-13(32)26-14-8-10-15(11-9-14)27-18(33)12-36-22-19-21(30(2)24(35)31(3)23(19)34)28-20(29-22)16-6-4-5-7-17(16)25/h4-11H,12H2,1-3H3,(H,26,32)(H,27,33). The number of nitrogens with zero attached hydrogens (tertiary/aromatic N) is 4. The lowest BCUT2D eigenvalue weighted by molar-refractivity contribution is -0.114. The van der Waals surface area contributed by atoms with Crippen molar-refractivity contribution >= 4 is 46.0 Å². The number of aromatic nitrogens is 4. The molecule has 4 rings (SSSR count). The second kappa shape index (κ2) is 10.1. The maximum atomic E-state index is 14.5. The smallest absolute Gasteiger partial charge is 0.326 e. The molecule has 0 unspecified atom stereocenters. The fraction of sp³-hybridized carbons (Fsp3) is 0.167. The van der Waals surface area contributed by atoms with Crippen molar-refractivity contribution in [2.75, 3.05) is 16.4 Å². The minimum atomic E-state index is -0.621. The minimum Gasteiger partial charge on any atom is -0.326 e. The van der Waals surface area contributed by atoms with Crippen LogP contribution >= 0.6 is 11.8 Å². The van der Waals surface area contributed by atoms with Gasteiger partial charge in [-0.2, -0.15) is 0 Å². The van der Waals surface area contributed by atoms with Gasteiger partial charge in [-0.25, -0.2) is 19.2 Å². The quantitative estimate of drug-likeness (QED) is 0.303. The molecular formula is C24H21FN6O4S. The molecule has 0 radical (unpaired) electrons. The van der Waals surface area contributed by atoms with Crippen molar-refractivity contribution in [3.8, 4) is 11.4 Å². The average Bonchev–Trinajstić information content (AvgIpc) is 2.85. The van der Waals surface area contributed by atoms with Crippen molar-refractivity contribution in [2.45, 2.75) is 11.9 Å². The number of fused-ring (bicyclic) bond motifs is 1. The molecule has 2 N–H and O–H groups in total. The topological polar surface area (TPSA) is 128 Å². The number of aryl methyl sites for hydroxylation is 1. The van der Waals surface area contributed by atoms with E-state index in [1.165, 1.54) is 43.8 Å². The molecule has 184 valence electrons. The highest BCUT2D eigenvalue weighted by molar-refractivity contribution is 8.00. The molecule has 2 amide bonds. The SMILES string of the molecule is CC(=O)Nc1ccc(NC(=O)CSc2nc(-c3ccccc3F)nc3c2c(=O)n(C)c(=O)n3C)cc1. The maximum absolute atomic E-state index is 14.5. The molecular weight excluding hydrogens is 487 g/mol. The number of hydrogen-bond acceptors (Lipinski definition) is 7. The zero-order valence-electron chi connectivity index (χ0n) is 19.5. The number of carbonyl (C=O) groups is 2. The third-order valence-corrected chi connectivity index (χ3v) is 6.19. The van der Waals surface area contributed by atoms with E-state index in [2.05, 4.69) is 20.6 Å². The van der Waals surface area contributed by atoms with Gasteiger partial charge in [-0.3, -0.25) is 23.5 Å². The first-order valence-electron chi connectivity index (χ1n) is 10.7. The van der Waals surface area contributed by atoms with E-state index in [1.807, 2.05) is 0 Å². The van der Waals surface area contributed by atoms with Gasteiger partial charge in [0.2, 0.25) is 11.8 Å². The van der Waals surface area contributed by atoms with E-state index in [9.17, 15) is 23.6 Å². The number of carbonyl (C=O) groups excluding carboxylic acids is 2. The van der Waals surface area contributed by atoms with Crippen LogP contribution in [0.25, 0.3) is 22.4 Å². The number of halogens is 1. The van der Waals surface area contributed by atoms with Gasteiger partial charge in [0.25, 0.3) is 5.56 Å². The molecule has 0 bridgehead atoms. The van der Waals surface area contributed by atoms with Crippen molar-refractivity contribution < 1.29 is 14.0 Å². The fourth-order valence-electron chi connectivity index (χ4n) is 3.47. The molecule has 0 aliphatic carbocycles. The number of anilines is 2. The van der Waals surface area contributed by atoms with Crippen LogP contribution in [0.1, 0.15) is 6.92 Å². The van der Waals surface area contributed by atoms with Crippen LogP contribution in [0, 0.1) is 5.82 Å². The van der Waals surface area contributed by atoms with Crippen LogP contribution in [0.5, 0.6) is 0 Å².